The van der Waals surface area contributed by atoms with E-state index in [1.54, 1.807) is 0 Å². The predicted octanol–water partition coefficient (Wildman–Crippen LogP) is 3.52. The molecular weight excluding hydrogens is 278 g/mol. The number of aryl methyl sites for hydroxylation is 1. The number of rotatable bonds is 4. The molecule has 2 rings (SSSR count). The van der Waals surface area contributed by atoms with Crippen molar-refractivity contribution in [3.8, 4) is 0 Å². The predicted molar refractivity (Wildman–Crippen MR) is 80.8 cm³/mol. The summed E-state index contributed by atoms with van der Waals surface area (Å²) >= 11 is 4.94. The highest BCUT2D eigenvalue weighted by Crippen LogP contribution is 2.17. The first kappa shape index (κ1) is 14.4. The van der Waals surface area contributed by atoms with Crippen LogP contribution >= 0.6 is 12.2 Å². The Hall–Kier alpha value is -2.01. The maximum Gasteiger partial charge on any atom is 0.131 e. The lowest BCUT2D eigenvalue weighted by Crippen LogP contribution is -2.11. The summed E-state index contributed by atoms with van der Waals surface area (Å²) in [5, 5.41) is 3.08. The molecule has 104 valence electrons. The maximum atomic E-state index is 13.5. The van der Waals surface area contributed by atoms with E-state index < -0.39 is 11.6 Å². The van der Waals surface area contributed by atoms with Gasteiger partial charge < -0.3 is 11.1 Å². The minimum Gasteiger partial charge on any atom is -0.389 e. The van der Waals surface area contributed by atoms with E-state index in [4.69, 9.17) is 18.0 Å². The summed E-state index contributed by atoms with van der Waals surface area (Å²) in [6.07, 6.45) is 0. The zero-order valence-electron chi connectivity index (χ0n) is 10.9. The minimum atomic E-state index is -0.581. The van der Waals surface area contributed by atoms with Gasteiger partial charge in [0.25, 0.3) is 0 Å². The van der Waals surface area contributed by atoms with Crippen molar-refractivity contribution < 1.29 is 8.78 Å². The molecule has 0 fully saturated rings. The monoisotopic (exact) mass is 292 g/mol. The van der Waals surface area contributed by atoms with E-state index >= 15 is 0 Å². The molecule has 0 aliphatic heterocycles. The van der Waals surface area contributed by atoms with Crippen LogP contribution in [0.4, 0.5) is 14.5 Å². The molecule has 0 saturated heterocycles. The first-order chi connectivity index (χ1) is 9.47. The first-order valence-corrected chi connectivity index (χ1v) is 6.46. The van der Waals surface area contributed by atoms with Gasteiger partial charge in [0.15, 0.2) is 0 Å². The van der Waals surface area contributed by atoms with E-state index in [-0.39, 0.29) is 6.54 Å². The Morgan fingerprint density at radius 2 is 1.95 bits per heavy atom. The van der Waals surface area contributed by atoms with Crippen molar-refractivity contribution in [2.24, 2.45) is 5.73 Å². The third kappa shape index (κ3) is 3.30. The number of benzene rings is 2. The van der Waals surface area contributed by atoms with Crippen LogP contribution in [0.15, 0.2) is 36.4 Å². The van der Waals surface area contributed by atoms with Gasteiger partial charge in [0, 0.05) is 29.4 Å². The fraction of sp³-hybridized carbons (Fsp3) is 0.133. The number of nitrogens with one attached hydrogen (secondary N) is 1. The van der Waals surface area contributed by atoms with Gasteiger partial charge in [-0.1, -0.05) is 18.3 Å². The molecule has 3 N–H and O–H groups in total. The van der Waals surface area contributed by atoms with E-state index in [9.17, 15) is 8.78 Å². The number of anilines is 1. The topological polar surface area (TPSA) is 38.0 Å². The molecule has 0 atom stereocenters. The summed E-state index contributed by atoms with van der Waals surface area (Å²) in [6.45, 7) is 2.18. The second kappa shape index (κ2) is 5.96. The van der Waals surface area contributed by atoms with Gasteiger partial charge in [0.2, 0.25) is 0 Å². The van der Waals surface area contributed by atoms with Gasteiger partial charge in [-0.2, -0.15) is 0 Å². The van der Waals surface area contributed by atoms with Crippen molar-refractivity contribution in [3.63, 3.8) is 0 Å². The minimum absolute atomic E-state index is 0.276. The molecule has 0 unspecified atom stereocenters. The Morgan fingerprint density at radius 1 is 1.20 bits per heavy atom. The zero-order chi connectivity index (χ0) is 14.7. The van der Waals surface area contributed by atoms with Crippen molar-refractivity contribution in [2.45, 2.75) is 13.5 Å². The van der Waals surface area contributed by atoms with Gasteiger partial charge in [-0.15, -0.1) is 0 Å². The average molecular weight is 292 g/mol. The Morgan fingerprint density at radius 3 is 2.55 bits per heavy atom. The number of thiocarbonyl (C=S) groups is 1. The summed E-state index contributed by atoms with van der Waals surface area (Å²) in [5.74, 6) is -1.14. The van der Waals surface area contributed by atoms with E-state index in [0.29, 0.717) is 10.6 Å². The Bertz CT molecular complexity index is 656. The molecule has 0 spiro atoms. The molecule has 0 bridgehead atoms. The molecule has 0 saturated carbocycles. The highest BCUT2D eigenvalue weighted by atomic mass is 32.1. The fourth-order valence-corrected chi connectivity index (χ4v) is 2.14. The van der Waals surface area contributed by atoms with Gasteiger partial charge in [0.1, 0.15) is 16.6 Å². The van der Waals surface area contributed by atoms with Gasteiger partial charge in [-0.05, 0) is 36.8 Å². The average Bonchev–Trinajstić information content (AvgIpc) is 2.37. The lowest BCUT2D eigenvalue weighted by molar-refractivity contribution is 0.574. The number of halogens is 2. The Balaban J connectivity index is 2.11. The van der Waals surface area contributed by atoms with Crippen LogP contribution in [0.25, 0.3) is 0 Å². The molecule has 2 aromatic carbocycles. The Labute approximate surface area is 121 Å². The molecule has 2 nitrogen and oxygen atoms in total. The van der Waals surface area contributed by atoms with Crippen LogP contribution in [0.1, 0.15) is 16.7 Å². The molecule has 0 amide bonds. The molecule has 5 heteroatoms. The van der Waals surface area contributed by atoms with Crippen LogP contribution in [0.2, 0.25) is 0 Å². The second-order valence-corrected chi connectivity index (χ2v) is 4.92. The molecular formula is C15H14F2N2S. The largest absolute Gasteiger partial charge is 0.389 e. The van der Waals surface area contributed by atoms with Crippen LogP contribution in [-0.2, 0) is 6.54 Å². The molecule has 0 aliphatic carbocycles. The Kier molecular flexibility index (Phi) is 4.29. The zero-order valence-corrected chi connectivity index (χ0v) is 11.7. The molecule has 0 heterocycles. The van der Waals surface area contributed by atoms with Crippen LogP contribution in [-0.4, -0.2) is 4.99 Å². The van der Waals surface area contributed by atoms with Crippen molar-refractivity contribution in [2.75, 3.05) is 5.32 Å². The van der Waals surface area contributed by atoms with Crippen LogP contribution in [0.3, 0.4) is 0 Å². The highest BCUT2D eigenvalue weighted by molar-refractivity contribution is 7.80. The SMILES string of the molecule is Cc1cc(NCc2ccc(F)cc2F)ccc1C(N)=S. The third-order valence-corrected chi connectivity index (χ3v) is 3.21. The van der Waals surface area contributed by atoms with E-state index in [1.807, 2.05) is 25.1 Å². The smallest absolute Gasteiger partial charge is 0.131 e. The summed E-state index contributed by atoms with van der Waals surface area (Å²) in [5.41, 5.74) is 8.58. The standard InChI is InChI=1S/C15H14F2N2S/c1-9-6-12(4-5-13(9)15(18)20)19-8-10-2-3-11(16)7-14(10)17/h2-7,19H,8H2,1H3,(H2,18,20). The lowest BCUT2D eigenvalue weighted by atomic mass is 10.1. The fourth-order valence-electron chi connectivity index (χ4n) is 1.91. The summed E-state index contributed by atoms with van der Waals surface area (Å²) in [4.78, 5) is 0.346. The van der Waals surface area contributed by atoms with Crippen LogP contribution in [0.5, 0.6) is 0 Å². The van der Waals surface area contributed by atoms with E-state index in [2.05, 4.69) is 5.32 Å². The molecule has 0 radical (unpaired) electrons. The van der Waals surface area contributed by atoms with Crippen molar-refractivity contribution in [3.05, 3.63) is 64.7 Å². The summed E-state index contributed by atoms with van der Waals surface area (Å²) < 4.78 is 26.3. The van der Waals surface area contributed by atoms with Gasteiger partial charge >= 0.3 is 0 Å². The van der Waals surface area contributed by atoms with Gasteiger partial charge in [-0.25, -0.2) is 8.78 Å². The normalized spacial score (nSPS) is 10.3. The van der Waals surface area contributed by atoms with Gasteiger partial charge in [0.05, 0.1) is 0 Å². The lowest BCUT2D eigenvalue weighted by Gasteiger charge is -2.10. The molecule has 0 aromatic heterocycles. The first-order valence-electron chi connectivity index (χ1n) is 6.05. The van der Waals surface area contributed by atoms with Crippen molar-refractivity contribution in [1.82, 2.24) is 0 Å². The number of hydrogen-bond acceptors (Lipinski definition) is 2. The molecule has 0 aliphatic rings. The second-order valence-electron chi connectivity index (χ2n) is 4.48. The highest BCUT2D eigenvalue weighted by Gasteiger charge is 2.05. The number of hydrogen-bond donors (Lipinski definition) is 2. The quantitative estimate of drug-likeness (QED) is 0.847. The van der Waals surface area contributed by atoms with E-state index in [1.165, 1.54) is 12.1 Å². The van der Waals surface area contributed by atoms with Crippen LogP contribution in [0, 0.1) is 18.6 Å². The molecule has 20 heavy (non-hydrogen) atoms. The van der Waals surface area contributed by atoms with Crippen molar-refractivity contribution >= 4 is 22.9 Å². The molecule has 2 aromatic rings. The summed E-state index contributed by atoms with van der Waals surface area (Å²) in [7, 11) is 0. The number of nitrogens with two attached hydrogens (primary N) is 1. The summed E-state index contributed by atoms with van der Waals surface area (Å²) in [6, 6.07) is 9.06. The van der Waals surface area contributed by atoms with Crippen molar-refractivity contribution in [1.29, 1.82) is 0 Å². The van der Waals surface area contributed by atoms with Gasteiger partial charge in [-0.3, -0.25) is 0 Å². The third-order valence-electron chi connectivity index (χ3n) is 2.99. The van der Waals surface area contributed by atoms with E-state index in [0.717, 1.165) is 22.9 Å². The van der Waals surface area contributed by atoms with Crippen LogP contribution < -0.4 is 11.1 Å². The maximum absolute atomic E-state index is 13.5.